The van der Waals surface area contributed by atoms with E-state index in [1.54, 1.807) is 18.7 Å². The number of Topliss-reactive ketones (excluding diaryl/α,β-unsaturated/α-hetero) is 1. The molecule has 0 unspecified atom stereocenters. The van der Waals surface area contributed by atoms with E-state index in [0.29, 0.717) is 18.5 Å². The summed E-state index contributed by atoms with van der Waals surface area (Å²) in [5.74, 6) is -3.42. The van der Waals surface area contributed by atoms with Gasteiger partial charge in [0.05, 0.1) is 25.1 Å². The van der Waals surface area contributed by atoms with E-state index in [1.807, 2.05) is 4.57 Å². The molecule has 9 heteroatoms. The SMILES string of the molecule is COc1ccc(C(O)=C2C(=O)C(=O)N(CCCn3ccnc3)[C@H]2c2ccc(F)cc2)cc1F. The number of benzene rings is 2. The van der Waals surface area contributed by atoms with Crippen LogP contribution in [0.25, 0.3) is 5.76 Å². The van der Waals surface area contributed by atoms with Crippen LogP contribution in [0.4, 0.5) is 8.78 Å². The van der Waals surface area contributed by atoms with Gasteiger partial charge < -0.3 is 19.3 Å². The highest BCUT2D eigenvalue weighted by atomic mass is 19.1. The Morgan fingerprint density at radius 2 is 1.88 bits per heavy atom. The van der Waals surface area contributed by atoms with E-state index < -0.39 is 35.1 Å². The van der Waals surface area contributed by atoms with E-state index in [9.17, 15) is 23.5 Å². The minimum atomic E-state index is -0.946. The number of likely N-dealkylation sites (tertiary alicyclic amines) is 1. The maximum absolute atomic E-state index is 14.2. The second-order valence-electron chi connectivity index (χ2n) is 7.55. The van der Waals surface area contributed by atoms with Crippen molar-refractivity contribution in [3.63, 3.8) is 0 Å². The summed E-state index contributed by atoms with van der Waals surface area (Å²) >= 11 is 0. The Morgan fingerprint density at radius 1 is 1.12 bits per heavy atom. The Labute approximate surface area is 188 Å². The van der Waals surface area contributed by atoms with Crippen molar-refractivity contribution in [1.29, 1.82) is 0 Å². The number of carbonyl (C=O) groups excluding carboxylic acids is 2. The van der Waals surface area contributed by atoms with Crippen LogP contribution in [-0.4, -0.2) is 44.9 Å². The fraction of sp³-hybridized carbons (Fsp3) is 0.208. The number of aliphatic hydroxyl groups is 1. The van der Waals surface area contributed by atoms with Crippen molar-refractivity contribution in [3.05, 3.63) is 89.5 Å². The Kier molecular flexibility index (Phi) is 6.21. The van der Waals surface area contributed by atoms with Gasteiger partial charge in [-0.3, -0.25) is 9.59 Å². The first kappa shape index (κ1) is 22.2. The van der Waals surface area contributed by atoms with Crippen LogP contribution in [0, 0.1) is 11.6 Å². The van der Waals surface area contributed by atoms with E-state index in [4.69, 9.17) is 4.74 Å². The first-order chi connectivity index (χ1) is 15.9. The normalized spacial score (nSPS) is 17.5. The third-order valence-electron chi connectivity index (χ3n) is 5.53. The highest BCUT2D eigenvalue weighted by Gasteiger charge is 2.45. The van der Waals surface area contributed by atoms with Crippen molar-refractivity contribution < 1.29 is 28.2 Å². The number of rotatable bonds is 7. The predicted octanol–water partition coefficient (Wildman–Crippen LogP) is 3.68. The zero-order valence-electron chi connectivity index (χ0n) is 17.7. The van der Waals surface area contributed by atoms with Crippen LogP contribution in [0.1, 0.15) is 23.6 Å². The fourth-order valence-electron chi connectivity index (χ4n) is 3.91. The molecule has 4 rings (SSSR count). The fourth-order valence-corrected chi connectivity index (χ4v) is 3.91. The van der Waals surface area contributed by atoms with Gasteiger partial charge in [-0.1, -0.05) is 12.1 Å². The molecule has 0 spiro atoms. The highest BCUT2D eigenvalue weighted by molar-refractivity contribution is 6.46. The van der Waals surface area contributed by atoms with Crippen LogP contribution in [0.15, 0.2) is 66.8 Å². The molecule has 1 aromatic heterocycles. The smallest absolute Gasteiger partial charge is 0.295 e. The Morgan fingerprint density at radius 3 is 2.52 bits per heavy atom. The molecule has 170 valence electrons. The molecule has 0 bridgehead atoms. The molecule has 7 nitrogen and oxygen atoms in total. The molecule has 1 fully saturated rings. The zero-order valence-corrected chi connectivity index (χ0v) is 17.7. The van der Waals surface area contributed by atoms with Gasteiger partial charge in [0.2, 0.25) is 0 Å². The van der Waals surface area contributed by atoms with E-state index in [2.05, 4.69) is 4.98 Å². The number of carbonyl (C=O) groups is 2. The maximum Gasteiger partial charge on any atom is 0.295 e. The van der Waals surface area contributed by atoms with Gasteiger partial charge in [-0.25, -0.2) is 13.8 Å². The molecule has 33 heavy (non-hydrogen) atoms. The number of ketones is 1. The van der Waals surface area contributed by atoms with Crippen molar-refractivity contribution >= 4 is 17.4 Å². The third kappa shape index (κ3) is 4.34. The number of ether oxygens (including phenoxy) is 1. The predicted molar refractivity (Wildman–Crippen MR) is 115 cm³/mol. The number of hydrogen-bond acceptors (Lipinski definition) is 5. The number of nitrogens with zero attached hydrogens (tertiary/aromatic N) is 3. The summed E-state index contributed by atoms with van der Waals surface area (Å²) in [5, 5.41) is 11.0. The van der Waals surface area contributed by atoms with Crippen molar-refractivity contribution in [3.8, 4) is 5.75 Å². The largest absolute Gasteiger partial charge is 0.507 e. The number of aliphatic hydroxyl groups excluding tert-OH is 1. The Bertz CT molecular complexity index is 1210. The van der Waals surface area contributed by atoms with Gasteiger partial charge in [-0.15, -0.1) is 0 Å². The topological polar surface area (TPSA) is 84.7 Å². The lowest BCUT2D eigenvalue weighted by Gasteiger charge is -2.25. The lowest BCUT2D eigenvalue weighted by atomic mass is 9.95. The number of hydrogen-bond donors (Lipinski definition) is 1. The number of imidazole rings is 1. The summed E-state index contributed by atoms with van der Waals surface area (Å²) in [6.07, 6.45) is 5.57. The lowest BCUT2D eigenvalue weighted by Crippen LogP contribution is -2.31. The van der Waals surface area contributed by atoms with Gasteiger partial charge in [0.15, 0.2) is 11.6 Å². The number of halogens is 2. The number of aryl methyl sites for hydroxylation is 1. The minimum Gasteiger partial charge on any atom is -0.507 e. The van der Waals surface area contributed by atoms with Gasteiger partial charge in [-0.2, -0.15) is 0 Å². The molecule has 2 heterocycles. The number of methoxy groups -OCH3 is 1. The summed E-state index contributed by atoms with van der Waals surface area (Å²) in [6, 6.07) is 8.14. The molecule has 1 aliphatic heterocycles. The molecule has 0 aliphatic carbocycles. The molecule has 1 atom stereocenters. The standard InChI is InChI=1S/C24H21F2N3O4/c1-33-19-8-5-16(13-18(19)26)22(30)20-21(15-3-6-17(25)7-4-15)29(24(32)23(20)31)11-2-10-28-12-9-27-14-28/h3-9,12-14,21,30H,2,10-11H2,1H3/t21-/m0/s1. The van der Waals surface area contributed by atoms with Crippen LogP contribution in [0.2, 0.25) is 0 Å². The molecule has 1 N–H and O–H groups in total. The summed E-state index contributed by atoms with van der Waals surface area (Å²) in [4.78, 5) is 31.2. The van der Waals surface area contributed by atoms with Crippen LogP contribution in [-0.2, 0) is 16.1 Å². The second kappa shape index (κ2) is 9.23. The van der Waals surface area contributed by atoms with Crippen LogP contribution >= 0.6 is 0 Å². The van der Waals surface area contributed by atoms with Crippen LogP contribution in [0.3, 0.4) is 0 Å². The third-order valence-corrected chi connectivity index (χ3v) is 5.53. The van der Waals surface area contributed by atoms with Gasteiger partial charge in [-0.05, 0) is 42.3 Å². The Hall–Kier alpha value is -4.01. The first-order valence-corrected chi connectivity index (χ1v) is 10.2. The van der Waals surface area contributed by atoms with Crippen molar-refractivity contribution in [1.82, 2.24) is 14.5 Å². The molecule has 1 aliphatic rings. The average molecular weight is 453 g/mol. The maximum atomic E-state index is 14.2. The molecule has 1 saturated heterocycles. The monoisotopic (exact) mass is 453 g/mol. The first-order valence-electron chi connectivity index (χ1n) is 10.2. The quantitative estimate of drug-likeness (QED) is 0.335. The molecule has 2 aromatic carbocycles. The zero-order chi connectivity index (χ0) is 23.5. The van der Waals surface area contributed by atoms with Crippen molar-refractivity contribution in [2.24, 2.45) is 0 Å². The summed E-state index contributed by atoms with van der Waals surface area (Å²) in [6.45, 7) is 0.765. The molecular formula is C24H21F2N3O4. The minimum absolute atomic E-state index is 0.0248. The highest BCUT2D eigenvalue weighted by Crippen LogP contribution is 2.40. The van der Waals surface area contributed by atoms with Gasteiger partial charge in [0.25, 0.3) is 11.7 Å². The summed E-state index contributed by atoms with van der Waals surface area (Å²) in [5.41, 5.74) is 0.296. The number of aromatic nitrogens is 2. The van der Waals surface area contributed by atoms with E-state index >= 15 is 0 Å². The number of amides is 1. The van der Waals surface area contributed by atoms with Crippen LogP contribution in [0.5, 0.6) is 5.75 Å². The van der Waals surface area contributed by atoms with Crippen molar-refractivity contribution in [2.75, 3.05) is 13.7 Å². The Balaban J connectivity index is 1.74. The summed E-state index contributed by atoms with van der Waals surface area (Å²) < 4.78 is 34.5. The van der Waals surface area contributed by atoms with E-state index in [-0.39, 0.29) is 23.4 Å². The van der Waals surface area contributed by atoms with Gasteiger partial charge >= 0.3 is 0 Å². The average Bonchev–Trinajstić information content (AvgIpc) is 3.41. The molecule has 0 radical (unpaired) electrons. The molecule has 3 aromatic rings. The van der Waals surface area contributed by atoms with Crippen molar-refractivity contribution in [2.45, 2.75) is 19.0 Å². The van der Waals surface area contributed by atoms with Gasteiger partial charge in [0, 0.05) is 31.0 Å². The molecular weight excluding hydrogens is 432 g/mol. The summed E-state index contributed by atoms with van der Waals surface area (Å²) in [7, 11) is 1.31. The van der Waals surface area contributed by atoms with E-state index in [0.717, 1.165) is 6.07 Å². The lowest BCUT2D eigenvalue weighted by molar-refractivity contribution is -0.139. The molecule has 1 amide bonds. The van der Waals surface area contributed by atoms with Crippen LogP contribution < -0.4 is 4.74 Å². The second-order valence-corrected chi connectivity index (χ2v) is 7.55. The van der Waals surface area contributed by atoms with E-state index in [1.165, 1.54) is 48.4 Å². The van der Waals surface area contributed by atoms with Gasteiger partial charge in [0.1, 0.15) is 11.6 Å². The molecule has 0 saturated carbocycles.